The third-order valence-electron chi connectivity index (χ3n) is 7.06. The molecule has 2 aromatic heterocycles. The van der Waals surface area contributed by atoms with E-state index in [2.05, 4.69) is 33.0 Å². The fourth-order valence-electron chi connectivity index (χ4n) is 5.48. The van der Waals surface area contributed by atoms with Crippen LogP contribution >= 0.6 is 0 Å². The molecule has 0 aliphatic carbocycles. The highest BCUT2D eigenvalue weighted by Crippen LogP contribution is 2.40. The van der Waals surface area contributed by atoms with Crippen LogP contribution in [0.2, 0.25) is 0 Å². The van der Waals surface area contributed by atoms with Crippen LogP contribution in [0.1, 0.15) is 0 Å². The molecule has 5 aromatic carbocycles. The van der Waals surface area contributed by atoms with Gasteiger partial charge in [0.25, 0.3) is 0 Å². The van der Waals surface area contributed by atoms with E-state index >= 15 is 0 Å². The standard InChI is InChI=1S/C31H19F3N2O3S/c32-31(33,34)40(37,38)39-21-10-7-9-20(19-21)35-26-15-4-3-13-24(26)25-14-8-18-29(30(25)35)36-27-16-5-1-11-22(27)23-12-2-6-17-28(23)36/h1-19H. The van der Waals surface area contributed by atoms with E-state index in [-0.39, 0.29) is 0 Å². The van der Waals surface area contributed by atoms with Gasteiger partial charge in [-0.2, -0.15) is 21.6 Å². The Morgan fingerprint density at radius 2 is 1.07 bits per heavy atom. The average Bonchev–Trinajstić information content (AvgIpc) is 3.46. The molecule has 198 valence electrons. The molecule has 0 radical (unpaired) electrons. The smallest absolute Gasteiger partial charge is 0.376 e. The molecular formula is C31H19F3N2O3S. The van der Waals surface area contributed by atoms with E-state index < -0.39 is 21.4 Å². The van der Waals surface area contributed by atoms with Gasteiger partial charge in [-0.1, -0.05) is 72.8 Å². The molecule has 0 fully saturated rings. The number of rotatable bonds is 4. The lowest BCUT2D eigenvalue weighted by Gasteiger charge is -2.15. The van der Waals surface area contributed by atoms with Crippen LogP contribution in [0.5, 0.6) is 5.75 Å². The Hall–Kier alpha value is -4.76. The second kappa shape index (κ2) is 8.62. The van der Waals surface area contributed by atoms with Crippen molar-refractivity contribution in [2.24, 2.45) is 0 Å². The molecule has 7 aromatic rings. The molecule has 0 N–H and O–H groups in total. The van der Waals surface area contributed by atoms with Crippen molar-refractivity contribution < 1.29 is 25.8 Å². The minimum atomic E-state index is -5.83. The Labute approximate surface area is 226 Å². The van der Waals surface area contributed by atoms with Gasteiger partial charge in [-0.05, 0) is 36.4 Å². The van der Waals surface area contributed by atoms with Crippen LogP contribution in [-0.4, -0.2) is 23.1 Å². The van der Waals surface area contributed by atoms with Crippen molar-refractivity contribution in [3.05, 3.63) is 115 Å². The Bertz CT molecular complexity index is 2160. The SMILES string of the molecule is O=S(=O)(Oc1cccc(-n2c3ccccc3c3cccc(-n4c5ccccc5c5ccccc54)c32)c1)C(F)(F)F. The average molecular weight is 557 g/mol. The zero-order valence-electron chi connectivity index (χ0n) is 20.6. The first-order valence-corrected chi connectivity index (χ1v) is 13.8. The number of alkyl halides is 3. The second-order valence-corrected chi connectivity index (χ2v) is 10.9. The van der Waals surface area contributed by atoms with Crippen molar-refractivity contribution in [2.75, 3.05) is 0 Å². The number of benzene rings is 5. The third-order valence-corrected chi connectivity index (χ3v) is 8.04. The summed E-state index contributed by atoms with van der Waals surface area (Å²) in [4.78, 5) is 0. The molecule has 5 nitrogen and oxygen atoms in total. The summed E-state index contributed by atoms with van der Waals surface area (Å²) in [5, 5.41) is 4.05. The molecule has 0 aliphatic rings. The summed E-state index contributed by atoms with van der Waals surface area (Å²) in [6, 6.07) is 35.6. The van der Waals surface area contributed by atoms with Crippen LogP contribution in [0.25, 0.3) is 55.0 Å². The summed E-state index contributed by atoms with van der Waals surface area (Å²) in [6.45, 7) is 0. The Balaban J connectivity index is 1.56. The number of nitrogens with zero attached hydrogens (tertiary/aromatic N) is 2. The lowest BCUT2D eigenvalue weighted by atomic mass is 10.1. The van der Waals surface area contributed by atoms with E-state index in [1.54, 1.807) is 6.07 Å². The first kappa shape index (κ1) is 24.3. The predicted octanol–water partition coefficient (Wildman–Crippen LogP) is 8.11. The first-order chi connectivity index (χ1) is 19.2. The molecule has 0 unspecified atom stereocenters. The van der Waals surface area contributed by atoms with Gasteiger partial charge in [-0.3, -0.25) is 0 Å². The molecule has 2 heterocycles. The summed E-state index contributed by atoms with van der Waals surface area (Å²) in [5.74, 6) is -0.435. The molecule has 0 spiro atoms. The third kappa shape index (κ3) is 3.58. The Morgan fingerprint density at radius 3 is 1.68 bits per heavy atom. The summed E-state index contributed by atoms with van der Waals surface area (Å²) in [5.41, 5.74) is -0.607. The van der Waals surface area contributed by atoms with Gasteiger partial charge in [0.15, 0.2) is 0 Å². The van der Waals surface area contributed by atoms with Crippen LogP contribution < -0.4 is 4.18 Å². The molecule has 40 heavy (non-hydrogen) atoms. The largest absolute Gasteiger partial charge is 0.534 e. The minimum Gasteiger partial charge on any atom is -0.376 e. The highest BCUT2D eigenvalue weighted by Gasteiger charge is 2.48. The van der Waals surface area contributed by atoms with E-state index in [0.29, 0.717) is 5.69 Å². The van der Waals surface area contributed by atoms with Gasteiger partial charge in [0.2, 0.25) is 0 Å². The fourth-order valence-corrected chi connectivity index (χ4v) is 5.93. The first-order valence-electron chi connectivity index (χ1n) is 12.4. The van der Waals surface area contributed by atoms with Crippen LogP contribution in [0, 0.1) is 0 Å². The van der Waals surface area contributed by atoms with Crippen molar-refractivity contribution >= 4 is 53.7 Å². The number of para-hydroxylation sites is 4. The number of halogens is 3. The van der Waals surface area contributed by atoms with Crippen molar-refractivity contribution in [2.45, 2.75) is 5.51 Å². The maximum absolute atomic E-state index is 13.1. The zero-order chi connectivity index (χ0) is 27.6. The van der Waals surface area contributed by atoms with Gasteiger partial charge in [-0.15, -0.1) is 0 Å². The van der Waals surface area contributed by atoms with Gasteiger partial charge in [0.05, 0.1) is 27.8 Å². The van der Waals surface area contributed by atoms with Gasteiger partial charge in [0, 0.05) is 33.3 Å². The highest BCUT2D eigenvalue weighted by atomic mass is 32.2. The van der Waals surface area contributed by atoms with Crippen molar-refractivity contribution in [1.82, 2.24) is 9.13 Å². The molecule has 0 saturated carbocycles. The van der Waals surface area contributed by atoms with Gasteiger partial charge in [-0.25, -0.2) is 0 Å². The van der Waals surface area contributed by atoms with Crippen molar-refractivity contribution in [3.8, 4) is 17.1 Å². The molecular weight excluding hydrogens is 537 g/mol. The normalized spacial score (nSPS) is 12.6. The van der Waals surface area contributed by atoms with E-state index in [1.165, 1.54) is 18.2 Å². The summed E-state index contributed by atoms with van der Waals surface area (Å²) < 4.78 is 71.2. The van der Waals surface area contributed by atoms with Crippen LogP contribution in [0.4, 0.5) is 13.2 Å². The fraction of sp³-hybridized carbons (Fsp3) is 0.0323. The van der Waals surface area contributed by atoms with E-state index in [1.807, 2.05) is 71.3 Å². The number of fused-ring (bicyclic) bond motifs is 6. The van der Waals surface area contributed by atoms with E-state index in [9.17, 15) is 21.6 Å². The van der Waals surface area contributed by atoms with Gasteiger partial charge >= 0.3 is 15.6 Å². The minimum absolute atomic E-state index is 0.435. The monoisotopic (exact) mass is 556 g/mol. The molecule has 0 aliphatic heterocycles. The summed E-state index contributed by atoms with van der Waals surface area (Å²) in [6.07, 6.45) is 0. The summed E-state index contributed by atoms with van der Waals surface area (Å²) in [7, 11) is -5.83. The molecule has 0 amide bonds. The van der Waals surface area contributed by atoms with Gasteiger partial charge < -0.3 is 13.3 Å². The number of hydrogen-bond acceptors (Lipinski definition) is 3. The molecule has 9 heteroatoms. The van der Waals surface area contributed by atoms with Crippen molar-refractivity contribution in [1.29, 1.82) is 0 Å². The van der Waals surface area contributed by atoms with Crippen LogP contribution in [0.3, 0.4) is 0 Å². The van der Waals surface area contributed by atoms with Gasteiger partial charge in [0.1, 0.15) is 5.75 Å². The topological polar surface area (TPSA) is 53.2 Å². The molecule has 7 rings (SSSR count). The maximum Gasteiger partial charge on any atom is 0.534 e. The van der Waals surface area contributed by atoms with E-state index in [0.717, 1.165) is 49.3 Å². The maximum atomic E-state index is 13.1. The Morgan fingerprint density at radius 1 is 0.575 bits per heavy atom. The number of aromatic nitrogens is 2. The molecule has 0 bridgehead atoms. The zero-order valence-corrected chi connectivity index (χ0v) is 21.4. The highest BCUT2D eigenvalue weighted by molar-refractivity contribution is 7.88. The predicted molar refractivity (Wildman–Crippen MR) is 151 cm³/mol. The molecule has 0 atom stereocenters. The van der Waals surface area contributed by atoms with Crippen molar-refractivity contribution in [3.63, 3.8) is 0 Å². The van der Waals surface area contributed by atoms with Crippen LogP contribution in [0.15, 0.2) is 115 Å². The number of hydrogen-bond donors (Lipinski definition) is 0. The Kier molecular flexibility index (Phi) is 5.24. The molecule has 0 saturated heterocycles. The second-order valence-electron chi connectivity index (χ2n) is 9.38. The van der Waals surface area contributed by atoms with Crippen LogP contribution in [-0.2, 0) is 10.1 Å². The lowest BCUT2D eigenvalue weighted by Crippen LogP contribution is -2.28. The summed E-state index contributed by atoms with van der Waals surface area (Å²) >= 11 is 0. The lowest BCUT2D eigenvalue weighted by molar-refractivity contribution is -0.0500. The quantitative estimate of drug-likeness (QED) is 0.163. The van der Waals surface area contributed by atoms with E-state index in [4.69, 9.17) is 0 Å².